The first kappa shape index (κ1) is 21.1. The average Bonchev–Trinajstić information content (AvgIpc) is 2.62. The van der Waals surface area contributed by atoms with Gasteiger partial charge >= 0.3 is 0 Å². The van der Waals surface area contributed by atoms with Crippen molar-refractivity contribution in [2.45, 2.75) is 38.9 Å². The van der Waals surface area contributed by atoms with E-state index in [2.05, 4.69) is 49.3 Å². The van der Waals surface area contributed by atoms with Gasteiger partial charge in [0.2, 0.25) is 0 Å². The second-order valence-electron chi connectivity index (χ2n) is 7.58. The first-order valence-electron chi connectivity index (χ1n) is 8.86. The molecule has 0 spiro atoms. The number of methoxy groups -OCH3 is 1. The Bertz CT molecular complexity index is 735. The van der Waals surface area contributed by atoms with Crippen molar-refractivity contribution in [3.63, 3.8) is 0 Å². The van der Waals surface area contributed by atoms with Gasteiger partial charge in [-0.25, -0.2) is 15.4 Å². The summed E-state index contributed by atoms with van der Waals surface area (Å²) < 4.78 is 17.1. The number of aromatic nitrogens is 2. The van der Waals surface area contributed by atoms with Gasteiger partial charge in [-0.05, 0) is 30.3 Å². The molecule has 2 aromatic rings. The summed E-state index contributed by atoms with van der Waals surface area (Å²) in [7, 11) is -0.167. The largest absolute Gasteiger partial charge is 0.497 e. The maximum absolute atomic E-state index is 6.08. The van der Waals surface area contributed by atoms with Crippen LogP contribution in [0.2, 0.25) is 18.1 Å². The zero-order valence-corrected chi connectivity index (χ0v) is 17.9. The van der Waals surface area contributed by atoms with Crippen molar-refractivity contribution in [1.82, 2.24) is 9.97 Å². The molecule has 0 aliphatic carbocycles. The molecule has 1 N–H and O–H groups in total. The third-order valence-corrected chi connectivity index (χ3v) is 9.11. The van der Waals surface area contributed by atoms with Gasteiger partial charge in [0, 0.05) is 6.07 Å². The summed E-state index contributed by atoms with van der Waals surface area (Å²) in [6.45, 7) is 12.0. The van der Waals surface area contributed by atoms with Crippen LogP contribution in [0.15, 0.2) is 36.8 Å². The van der Waals surface area contributed by atoms with Gasteiger partial charge in [-0.3, -0.25) is 4.84 Å². The average molecular weight is 392 g/mol. The molecular formula is C19H29N3O4Si. The van der Waals surface area contributed by atoms with Crippen molar-refractivity contribution in [2.24, 2.45) is 0 Å². The topological polar surface area (TPSA) is 74.7 Å². The Balaban J connectivity index is 1.89. The first-order valence-corrected chi connectivity index (χ1v) is 11.8. The molecule has 148 valence electrons. The first-order chi connectivity index (χ1) is 12.7. The Morgan fingerprint density at radius 2 is 1.85 bits per heavy atom. The third-order valence-electron chi connectivity index (χ3n) is 4.57. The fourth-order valence-corrected chi connectivity index (χ4v) is 2.96. The SMILES string of the molecule is COc1cccc(Oc2cncnc2NOCCO[Si](C)(C)C(C)(C)C)c1. The van der Waals surface area contributed by atoms with Crippen LogP contribution >= 0.6 is 0 Å². The summed E-state index contributed by atoms with van der Waals surface area (Å²) in [5.74, 6) is 2.22. The van der Waals surface area contributed by atoms with Gasteiger partial charge in [-0.15, -0.1) is 0 Å². The fraction of sp³-hybridized carbons (Fsp3) is 0.474. The van der Waals surface area contributed by atoms with Gasteiger partial charge in [0.15, 0.2) is 19.9 Å². The van der Waals surface area contributed by atoms with Gasteiger partial charge in [-0.1, -0.05) is 26.8 Å². The minimum Gasteiger partial charge on any atom is -0.497 e. The van der Waals surface area contributed by atoms with E-state index in [0.717, 1.165) is 0 Å². The van der Waals surface area contributed by atoms with E-state index in [4.69, 9.17) is 18.7 Å². The van der Waals surface area contributed by atoms with Crippen molar-refractivity contribution >= 4 is 14.1 Å². The Morgan fingerprint density at radius 1 is 1.11 bits per heavy atom. The lowest BCUT2D eigenvalue weighted by molar-refractivity contribution is 0.135. The van der Waals surface area contributed by atoms with E-state index < -0.39 is 8.32 Å². The van der Waals surface area contributed by atoms with E-state index in [-0.39, 0.29) is 5.04 Å². The molecule has 1 aromatic carbocycles. The molecule has 7 nitrogen and oxygen atoms in total. The molecule has 0 unspecified atom stereocenters. The van der Waals surface area contributed by atoms with E-state index >= 15 is 0 Å². The quantitative estimate of drug-likeness (QED) is 0.379. The lowest BCUT2D eigenvalue weighted by Crippen LogP contribution is -2.41. The zero-order chi connectivity index (χ0) is 19.9. The van der Waals surface area contributed by atoms with Crippen LogP contribution in [0.5, 0.6) is 17.2 Å². The Hall–Kier alpha value is -2.16. The van der Waals surface area contributed by atoms with Gasteiger partial charge < -0.3 is 13.9 Å². The molecule has 0 atom stereocenters. The Morgan fingerprint density at radius 3 is 2.56 bits per heavy atom. The highest BCUT2D eigenvalue weighted by molar-refractivity contribution is 6.74. The summed E-state index contributed by atoms with van der Waals surface area (Å²) in [6, 6.07) is 7.30. The molecule has 8 heteroatoms. The van der Waals surface area contributed by atoms with Crippen molar-refractivity contribution in [1.29, 1.82) is 0 Å². The summed E-state index contributed by atoms with van der Waals surface area (Å²) >= 11 is 0. The minimum absolute atomic E-state index is 0.171. The molecular weight excluding hydrogens is 362 g/mol. The number of hydrogen-bond acceptors (Lipinski definition) is 7. The molecule has 1 aromatic heterocycles. The highest BCUT2D eigenvalue weighted by Crippen LogP contribution is 2.36. The summed E-state index contributed by atoms with van der Waals surface area (Å²) in [5, 5.41) is 0.171. The van der Waals surface area contributed by atoms with Crippen molar-refractivity contribution in [3.05, 3.63) is 36.8 Å². The van der Waals surface area contributed by atoms with Crippen LogP contribution in [-0.4, -0.2) is 38.6 Å². The molecule has 0 saturated carbocycles. The maximum atomic E-state index is 6.08. The molecule has 0 fully saturated rings. The van der Waals surface area contributed by atoms with Gasteiger partial charge in [-0.2, -0.15) is 0 Å². The number of rotatable bonds is 9. The fourth-order valence-electron chi connectivity index (χ4n) is 1.93. The van der Waals surface area contributed by atoms with E-state index in [9.17, 15) is 0 Å². The number of ether oxygens (including phenoxy) is 2. The number of nitrogens with zero attached hydrogens (tertiary/aromatic N) is 2. The zero-order valence-electron chi connectivity index (χ0n) is 16.9. The van der Waals surface area contributed by atoms with Crippen LogP contribution in [0.3, 0.4) is 0 Å². The highest BCUT2D eigenvalue weighted by Gasteiger charge is 2.36. The molecule has 1 heterocycles. The normalized spacial score (nSPS) is 11.9. The molecule has 0 radical (unpaired) electrons. The number of hydrogen-bond donors (Lipinski definition) is 1. The van der Waals surface area contributed by atoms with Crippen molar-refractivity contribution in [2.75, 3.05) is 25.8 Å². The van der Waals surface area contributed by atoms with Gasteiger partial charge in [0.1, 0.15) is 17.8 Å². The molecule has 0 aliphatic rings. The second-order valence-corrected chi connectivity index (χ2v) is 12.4. The van der Waals surface area contributed by atoms with E-state index in [1.807, 2.05) is 18.2 Å². The molecule has 2 rings (SSSR count). The van der Waals surface area contributed by atoms with Crippen molar-refractivity contribution in [3.8, 4) is 17.2 Å². The minimum atomic E-state index is -1.78. The lowest BCUT2D eigenvalue weighted by Gasteiger charge is -2.36. The van der Waals surface area contributed by atoms with Crippen LogP contribution in [-0.2, 0) is 9.26 Å². The number of anilines is 1. The van der Waals surface area contributed by atoms with Crippen LogP contribution in [0, 0.1) is 0 Å². The molecule has 0 bridgehead atoms. The van der Waals surface area contributed by atoms with Gasteiger partial charge in [0.25, 0.3) is 0 Å². The van der Waals surface area contributed by atoms with Crippen LogP contribution in [0.4, 0.5) is 5.82 Å². The third kappa shape index (κ3) is 6.19. The van der Waals surface area contributed by atoms with E-state index in [1.54, 1.807) is 19.4 Å². The highest BCUT2D eigenvalue weighted by atomic mass is 28.4. The Kier molecular flexibility index (Phi) is 7.17. The summed E-state index contributed by atoms with van der Waals surface area (Å²) in [5.41, 5.74) is 2.82. The standard InChI is InChI=1S/C19H29N3O4Si/c1-19(2,3)27(5,6)25-11-10-24-22-18-17(13-20-14-21-18)26-16-9-7-8-15(12-16)23-4/h7-9,12-14H,10-11H2,1-6H3,(H,20,21,22). The monoisotopic (exact) mass is 391 g/mol. The summed E-state index contributed by atoms with van der Waals surface area (Å²) in [6.07, 6.45) is 3.00. The van der Waals surface area contributed by atoms with Crippen LogP contribution in [0.1, 0.15) is 20.8 Å². The predicted octanol–water partition coefficient (Wildman–Crippen LogP) is 4.64. The smallest absolute Gasteiger partial charge is 0.196 e. The van der Waals surface area contributed by atoms with E-state index in [0.29, 0.717) is 36.3 Å². The predicted molar refractivity (Wildman–Crippen MR) is 108 cm³/mol. The number of benzene rings is 1. The second kappa shape index (κ2) is 9.16. The molecule has 0 aliphatic heterocycles. The van der Waals surface area contributed by atoms with E-state index in [1.165, 1.54) is 6.33 Å². The molecule has 0 saturated heterocycles. The maximum Gasteiger partial charge on any atom is 0.196 e. The Labute approximate surface area is 162 Å². The summed E-state index contributed by atoms with van der Waals surface area (Å²) in [4.78, 5) is 13.7. The lowest BCUT2D eigenvalue weighted by atomic mass is 10.2. The number of nitrogens with one attached hydrogen (secondary N) is 1. The molecule has 0 amide bonds. The molecule has 27 heavy (non-hydrogen) atoms. The van der Waals surface area contributed by atoms with Gasteiger partial charge in [0.05, 0.1) is 26.5 Å². The van der Waals surface area contributed by atoms with Crippen LogP contribution < -0.4 is 15.0 Å². The van der Waals surface area contributed by atoms with Crippen LogP contribution in [0.25, 0.3) is 0 Å². The van der Waals surface area contributed by atoms with Crippen molar-refractivity contribution < 1.29 is 18.7 Å².